The molecule has 0 bridgehead atoms. The Balaban J connectivity index is 1.80. The first-order valence-electron chi connectivity index (χ1n) is 9.74. The molecule has 2 N–H and O–H groups in total. The van der Waals surface area contributed by atoms with Gasteiger partial charge in [0.05, 0.1) is 23.5 Å². The number of thioether (sulfide) groups is 2. The van der Waals surface area contributed by atoms with Crippen LogP contribution < -0.4 is 10.6 Å². The summed E-state index contributed by atoms with van der Waals surface area (Å²) in [7, 11) is 0. The van der Waals surface area contributed by atoms with Gasteiger partial charge in [0, 0.05) is 0 Å². The Morgan fingerprint density at radius 1 is 0.778 bits per heavy atom. The monoisotopic (exact) mass is 412 g/mol. The van der Waals surface area contributed by atoms with Crippen molar-refractivity contribution in [2.45, 2.75) is 45.9 Å². The summed E-state index contributed by atoms with van der Waals surface area (Å²) in [5, 5.41) is 18.9. The molecule has 8 nitrogen and oxygen atoms in total. The zero-order valence-corrected chi connectivity index (χ0v) is 18.9. The molecule has 0 atom stereocenters. The molecule has 10 heteroatoms. The van der Waals surface area contributed by atoms with Gasteiger partial charge in [0.2, 0.25) is 0 Å². The first kappa shape index (κ1) is 20.6. The molecule has 0 aromatic carbocycles. The lowest BCUT2D eigenvalue weighted by Gasteiger charge is -2.38. The topological polar surface area (TPSA) is 61.3 Å². The van der Waals surface area contributed by atoms with Gasteiger partial charge in [-0.25, -0.2) is 0 Å². The van der Waals surface area contributed by atoms with Crippen molar-refractivity contribution in [3.8, 4) is 0 Å². The van der Waals surface area contributed by atoms with E-state index in [1.54, 1.807) is 23.5 Å². The summed E-state index contributed by atoms with van der Waals surface area (Å²) in [6.07, 6.45) is 0. The Morgan fingerprint density at radius 2 is 1.15 bits per heavy atom. The van der Waals surface area contributed by atoms with Gasteiger partial charge in [-0.1, -0.05) is 47.3 Å². The van der Waals surface area contributed by atoms with Crippen LogP contribution in [0.3, 0.4) is 0 Å². The third-order valence-corrected chi connectivity index (χ3v) is 7.84. The van der Waals surface area contributed by atoms with Crippen molar-refractivity contribution in [2.24, 2.45) is 10.2 Å². The summed E-state index contributed by atoms with van der Waals surface area (Å²) < 4.78 is 3.88. The summed E-state index contributed by atoms with van der Waals surface area (Å²) in [4.78, 5) is 4.70. The van der Waals surface area contributed by atoms with Gasteiger partial charge in [-0.15, -0.1) is 0 Å². The first-order valence-corrected chi connectivity index (χ1v) is 11.4. The number of hydrogen-bond donors (Lipinski definition) is 2. The van der Waals surface area contributed by atoms with Gasteiger partial charge >= 0.3 is 14.7 Å². The SMILES string of the molecule is CCN(CC)CNC1=[N+]2N=C(C)C(C)=N[N+]3=C(NCN(CC)CC)SC23S1. The lowest BCUT2D eigenvalue weighted by atomic mass is 10.3. The molecule has 0 fully saturated rings. The van der Waals surface area contributed by atoms with Crippen LogP contribution in [-0.2, 0) is 0 Å². The minimum absolute atomic E-state index is 0.295. The molecule has 3 heterocycles. The molecule has 0 unspecified atom stereocenters. The molecule has 3 rings (SSSR count). The van der Waals surface area contributed by atoms with Gasteiger partial charge in [0.15, 0.2) is 0 Å². The number of nitrogens with zero attached hydrogens (tertiary/aromatic N) is 6. The molecule has 3 aliphatic rings. The summed E-state index contributed by atoms with van der Waals surface area (Å²) in [5.41, 5.74) is 1.91. The average Bonchev–Trinajstić information content (AvgIpc) is 2.72. The van der Waals surface area contributed by atoms with Crippen LogP contribution in [0.25, 0.3) is 0 Å². The van der Waals surface area contributed by atoms with Crippen molar-refractivity contribution in [1.29, 1.82) is 0 Å². The fourth-order valence-corrected chi connectivity index (χ4v) is 5.60. The number of nitrogens with one attached hydrogen (secondary N) is 2. The van der Waals surface area contributed by atoms with Gasteiger partial charge in [0.25, 0.3) is 0 Å². The van der Waals surface area contributed by atoms with E-state index in [9.17, 15) is 0 Å². The van der Waals surface area contributed by atoms with Crippen molar-refractivity contribution >= 4 is 45.3 Å². The molecular weight excluding hydrogens is 380 g/mol. The van der Waals surface area contributed by atoms with Crippen LogP contribution >= 0.6 is 23.5 Å². The molecule has 0 amide bonds. The third-order valence-electron chi connectivity index (χ3n) is 5.10. The molecule has 1 spiro atoms. The maximum absolute atomic E-state index is 4.84. The average molecular weight is 413 g/mol. The lowest BCUT2D eigenvalue weighted by Crippen LogP contribution is -2.65. The summed E-state index contributed by atoms with van der Waals surface area (Å²) in [5.74, 6) is 0. The molecule has 0 aromatic heterocycles. The third kappa shape index (κ3) is 3.76. The fraction of sp³-hybridized carbons (Fsp3) is 0.765. The Morgan fingerprint density at radius 3 is 1.48 bits per heavy atom. The van der Waals surface area contributed by atoms with E-state index in [1.165, 1.54) is 0 Å². The van der Waals surface area contributed by atoms with E-state index in [2.05, 4.69) is 57.5 Å². The normalized spacial score (nSPS) is 20.4. The Kier molecular flexibility index (Phi) is 6.50. The van der Waals surface area contributed by atoms with Crippen molar-refractivity contribution in [3.63, 3.8) is 0 Å². The van der Waals surface area contributed by atoms with Crippen molar-refractivity contribution in [3.05, 3.63) is 0 Å². The van der Waals surface area contributed by atoms with Gasteiger partial charge < -0.3 is 0 Å². The Bertz CT molecular complexity index is 644. The predicted molar refractivity (Wildman–Crippen MR) is 117 cm³/mol. The second kappa shape index (κ2) is 8.50. The minimum atomic E-state index is -0.295. The quantitative estimate of drug-likeness (QED) is 0.464. The van der Waals surface area contributed by atoms with Crippen LogP contribution in [0, 0.1) is 0 Å². The molecule has 0 saturated carbocycles. The highest BCUT2D eigenvalue weighted by Gasteiger charge is 2.72. The van der Waals surface area contributed by atoms with Crippen LogP contribution in [0.2, 0.25) is 0 Å². The van der Waals surface area contributed by atoms with E-state index >= 15 is 0 Å². The number of hydrazone groups is 2. The summed E-state index contributed by atoms with van der Waals surface area (Å²) in [6.45, 7) is 18.6. The zero-order valence-electron chi connectivity index (χ0n) is 17.2. The van der Waals surface area contributed by atoms with E-state index in [4.69, 9.17) is 10.2 Å². The fourth-order valence-electron chi connectivity index (χ4n) is 2.94. The van der Waals surface area contributed by atoms with Crippen LogP contribution in [0.1, 0.15) is 41.5 Å². The molecule has 3 aliphatic heterocycles. The predicted octanol–water partition coefficient (Wildman–Crippen LogP) is 1.37. The number of amidine groups is 2. The summed E-state index contributed by atoms with van der Waals surface area (Å²) >= 11 is 3.58. The van der Waals surface area contributed by atoms with Gasteiger partial charge in [-0.05, 0) is 40.0 Å². The second-order valence-corrected chi connectivity index (χ2v) is 9.21. The van der Waals surface area contributed by atoms with Crippen molar-refractivity contribution < 1.29 is 9.37 Å². The molecule has 0 aliphatic carbocycles. The maximum atomic E-state index is 4.84. The Hall–Kier alpha value is -1.10. The summed E-state index contributed by atoms with van der Waals surface area (Å²) in [6, 6.07) is 0. The van der Waals surface area contributed by atoms with E-state index < -0.39 is 0 Å². The van der Waals surface area contributed by atoms with Gasteiger partial charge in [-0.3, -0.25) is 20.4 Å². The minimum Gasteiger partial charge on any atom is -0.268 e. The largest absolute Gasteiger partial charge is 0.413 e. The highest BCUT2D eigenvalue weighted by molar-refractivity contribution is 8.32. The first-order chi connectivity index (χ1) is 13.0. The van der Waals surface area contributed by atoms with Crippen LogP contribution in [-0.4, -0.2) is 84.8 Å². The lowest BCUT2D eigenvalue weighted by molar-refractivity contribution is -0.783. The van der Waals surface area contributed by atoms with Gasteiger partial charge in [0.1, 0.15) is 24.8 Å². The van der Waals surface area contributed by atoms with Crippen LogP contribution in [0.5, 0.6) is 0 Å². The maximum Gasteiger partial charge on any atom is 0.413 e. The van der Waals surface area contributed by atoms with E-state index in [-0.39, 0.29) is 4.33 Å². The second-order valence-electron chi connectivity index (χ2n) is 6.63. The number of hydrogen-bond acceptors (Lipinski definition) is 8. The Labute approximate surface area is 170 Å². The smallest absolute Gasteiger partial charge is 0.268 e. The van der Waals surface area contributed by atoms with E-state index in [0.29, 0.717) is 0 Å². The highest BCUT2D eigenvalue weighted by Crippen LogP contribution is 2.53. The molecule has 150 valence electrons. The molecule has 0 aromatic rings. The van der Waals surface area contributed by atoms with Gasteiger partial charge in [-0.2, -0.15) is 0 Å². The molecule has 27 heavy (non-hydrogen) atoms. The van der Waals surface area contributed by atoms with Crippen molar-refractivity contribution in [1.82, 2.24) is 20.4 Å². The number of rotatable bonds is 8. The van der Waals surface area contributed by atoms with E-state index in [1.807, 2.05) is 13.8 Å². The zero-order chi connectivity index (χ0) is 19.6. The molecule has 0 saturated heterocycles. The highest BCUT2D eigenvalue weighted by atomic mass is 32.2. The molecule has 0 radical (unpaired) electrons. The standard InChI is InChI=1S/C17H30N8S2/c1-7-22(8-2)11-18-15-24-17(26-15)25(21-14(6)13(5)20-24)16(27-17)19-12-23(9-3)10-4/h7-12H2,1-6H3/p+2. The van der Waals surface area contributed by atoms with Crippen LogP contribution in [0.15, 0.2) is 10.2 Å². The molecular formula is C17H32N8S2+2. The van der Waals surface area contributed by atoms with Crippen LogP contribution in [0.4, 0.5) is 0 Å². The van der Waals surface area contributed by atoms with Crippen molar-refractivity contribution in [2.75, 3.05) is 39.5 Å². The van der Waals surface area contributed by atoms with E-state index in [0.717, 1.165) is 61.3 Å².